The third-order valence-electron chi connectivity index (χ3n) is 3.31. The van der Waals surface area contributed by atoms with Gasteiger partial charge in [-0.25, -0.2) is 4.98 Å². The largest absolute Gasteiger partial charge is 0.494 e. The van der Waals surface area contributed by atoms with Gasteiger partial charge in [0.15, 0.2) is 5.75 Å². The number of amides is 1. The summed E-state index contributed by atoms with van der Waals surface area (Å²) in [5, 5.41) is 3.37. The molecule has 0 radical (unpaired) electrons. The van der Waals surface area contributed by atoms with Gasteiger partial charge in [-0.2, -0.15) is 0 Å². The normalized spacial score (nSPS) is 10.7. The van der Waals surface area contributed by atoms with Gasteiger partial charge in [0.1, 0.15) is 5.65 Å². The lowest BCUT2D eigenvalue weighted by atomic mass is 10.2. The number of benzene rings is 1. The second-order valence-electron chi connectivity index (χ2n) is 4.85. The molecule has 0 aliphatic heterocycles. The number of fused-ring (bicyclic) bond motifs is 1. The average molecular weight is 350 g/mol. The van der Waals surface area contributed by atoms with Crippen molar-refractivity contribution < 1.29 is 9.53 Å². The van der Waals surface area contributed by atoms with Crippen LogP contribution in [-0.2, 0) is 6.54 Å². The molecule has 3 rings (SSSR count). The van der Waals surface area contributed by atoms with Gasteiger partial charge in [0, 0.05) is 18.0 Å². The van der Waals surface area contributed by atoms with E-state index >= 15 is 0 Å². The van der Waals surface area contributed by atoms with Crippen molar-refractivity contribution in [3.05, 3.63) is 64.0 Å². The Balaban J connectivity index is 1.74. The van der Waals surface area contributed by atoms with Crippen LogP contribution in [0.3, 0.4) is 0 Å². The van der Waals surface area contributed by atoms with Crippen LogP contribution in [-0.4, -0.2) is 22.4 Å². The third kappa shape index (κ3) is 3.25. The number of pyridine rings is 1. The molecular weight excluding hydrogens is 337 g/mol. The highest BCUT2D eigenvalue weighted by atomic mass is 35.5. The number of halogens is 2. The predicted molar refractivity (Wildman–Crippen MR) is 89.4 cm³/mol. The van der Waals surface area contributed by atoms with Gasteiger partial charge >= 0.3 is 0 Å². The smallest absolute Gasteiger partial charge is 0.251 e. The Hall–Kier alpha value is -2.24. The van der Waals surface area contributed by atoms with Crippen molar-refractivity contribution in [1.29, 1.82) is 0 Å². The van der Waals surface area contributed by atoms with Crippen LogP contribution in [0.5, 0.6) is 5.75 Å². The number of carbonyl (C=O) groups is 1. The van der Waals surface area contributed by atoms with E-state index in [4.69, 9.17) is 27.9 Å². The first-order chi connectivity index (χ1) is 11.1. The monoisotopic (exact) mass is 349 g/mol. The number of nitrogens with one attached hydrogen (secondary N) is 1. The van der Waals surface area contributed by atoms with E-state index in [9.17, 15) is 4.79 Å². The first-order valence-corrected chi connectivity index (χ1v) is 7.58. The van der Waals surface area contributed by atoms with E-state index in [0.717, 1.165) is 11.3 Å². The molecule has 1 aromatic carbocycles. The van der Waals surface area contributed by atoms with Crippen molar-refractivity contribution in [2.24, 2.45) is 0 Å². The molecular formula is C16H13Cl2N3O2. The van der Waals surface area contributed by atoms with E-state index in [1.165, 1.54) is 19.2 Å². The van der Waals surface area contributed by atoms with Crippen LogP contribution in [0, 0.1) is 0 Å². The van der Waals surface area contributed by atoms with Crippen molar-refractivity contribution in [2.45, 2.75) is 6.54 Å². The third-order valence-corrected chi connectivity index (χ3v) is 3.87. The van der Waals surface area contributed by atoms with Crippen LogP contribution in [0.2, 0.25) is 10.0 Å². The lowest BCUT2D eigenvalue weighted by Gasteiger charge is -2.08. The van der Waals surface area contributed by atoms with Gasteiger partial charge in [0.25, 0.3) is 5.91 Å². The van der Waals surface area contributed by atoms with Gasteiger partial charge in [-0.3, -0.25) is 4.79 Å². The fraction of sp³-hybridized carbons (Fsp3) is 0.125. The summed E-state index contributed by atoms with van der Waals surface area (Å²) in [5.74, 6) is 0.0683. The molecule has 118 valence electrons. The van der Waals surface area contributed by atoms with E-state index in [0.29, 0.717) is 17.9 Å². The first-order valence-electron chi connectivity index (χ1n) is 6.82. The molecule has 0 fully saturated rings. The summed E-state index contributed by atoms with van der Waals surface area (Å²) in [6.45, 7) is 0.307. The Kier molecular flexibility index (Phi) is 4.41. The number of imidazole rings is 1. The van der Waals surface area contributed by atoms with Crippen LogP contribution in [0.4, 0.5) is 0 Å². The maximum absolute atomic E-state index is 12.2. The summed E-state index contributed by atoms with van der Waals surface area (Å²) in [6, 6.07) is 8.76. The first kappa shape index (κ1) is 15.6. The van der Waals surface area contributed by atoms with Crippen LogP contribution >= 0.6 is 23.2 Å². The van der Waals surface area contributed by atoms with Crippen LogP contribution in [0.15, 0.2) is 42.7 Å². The second kappa shape index (κ2) is 6.48. The van der Waals surface area contributed by atoms with Crippen molar-refractivity contribution in [3.8, 4) is 5.75 Å². The topological polar surface area (TPSA) is 55.6 Å². The molecule has 2 heterocycles. The highest BCUT2D eigenvalue weighted by molar-refractivity contribution is 6.37. The van der Waals surface area contributed by atoms with Crippen LogP contribution in [0.1, 0.15) is 16.1 Å². The van der Waals surface area contributed by atoms with Gasteiger partial charge in [-0.1, -0.05) is 29.3 Å². The molecule has 0 aliphatic carbocycles. The van der Waals surface area contributed by atoms with Gasteiger partial charge in [0.05, 0.1) is 29.4 Å². The summed E-state index contributed by atoms with van der Waals surface area (Å²) < 4.78 is 6.96. The van der Waals surface area contributed by atoms with Crippen molar-refractivity contribution in [3.63, 3.8) is 0 Å². The molecule has 2 aromatic heterocycles. The average Bonchev–Trinajstić information content (AvgIpc) is 2.95. The molecule has 0 atom stereocenters. The van der Waals surface area contributed by atoms with Crippen molar-refractivity contribution >= 4 is 34.8 Å². The minimum absolute atomic E-state index is 0.284. The number of nitrogens with zero attached hydrogens (tertiary/aromatic N) is 2. The Labute approximate surface area is 142 Å². The molecule has 0 bridgehead atoms. The van der Waals surface area contributed by atoms with E-state index in [2.05, 4.69) is 10.3 Å². The quantitative estimate of drug-likeness (QED) is 0.783. The van der Waals surface area contributed by atoms with Gasteiger partial charge < -0.3 is 14.5 Å². The zero-order valence-corrected chi connectivity index (χ0v) is 13.7. The van der Waals surface area contributed by atoms with Gasteiger partial charge in [-0.15, -0.1) is 0 Å². The SMILES string of the molecule is COc1c(Cl)cc(C(=O)NCc2cn3ccccc3n2)cc1Cl. The number of hydrogen-bond acceptors (Lipinski definition) is 3. The number of ether oxygens (including phenoxy) is 1. The summed E-state index contributed by atoms with van der Waals surface area (Å²) in [4.78, 5) is 16.7. The molecule has 0 spiro atoms. The maximum Gasteiger partial charge on any atom is 0.251 e. The maximum atomic E-state index is 12.2. The number of rotatable bonds is 4. The highest BCUT2D eigenvalue weighted by Crippen LogP contribution is 2.33. The molecule has 23 heavy (non-hydrogen) atoms. The van der Waals surface area contributed by atoms with Gasteiger partial charge in [-0.05, 0) is 24.3 Å². The van der Waals surface area contributed by atoms with Crippen molar-refractivity contribution in [1.82, 2.24) is 14.7 Å². The summed E-state index contributed by atoms with van der Waals surface area (Å²) >= 11 is 12.1. The highest BCUT2D eigenvalue weighted by Gasteiger charge is 2.13. The minimum Gasteiger partial charge on any atom is -0.494 e. The molecule has 0 unspecified atom stereocenters. The van der Waals surface area contributed by atoms with E-state index in [1.807, 2.05) is 35.0 Å². The van der Waals surface area contributed by atoms with Gasteiger partial charge in [0.2, 0.25) is 0 Å². The second-order valence-corrected chi connectivity index (χ2v) is 5.67. The Morgan fingerprint density at radius 2 is 2.04 bits per heavy atom. The Morgan fingerprint density at radius 3 is 2.70 bits per heavy atom. The standard InChI is InChI=1S/C16H13Cl2N3O2/c1-23-15-12(17)6-10(7-13(15)18)16(22)19-8-11-9-21-5-3-2-4-14(21)20-11/h2-7,9H,8H2,1H3,(H,19,22). The fourth-order valence-corrected chi connectivity index (χ4v) is 2.87. The van der Waals surface area contributed by atoms with Crippen LogP contribution < -0.4 is 10.1 Å². The summed E-state index contributed by atoms with van der Waals surface area (Å²) in [6.07, 6.45) is 3.76. The number of hydrogen-bond donors (Lipinski definition) is 1. The minimum atomic E-state index is -0.284. The lowest BCUT2D eigenvalue weighted by molar-refractivity contribution is 0.0950. The van der Waals surface area contributed by atoms with E-state index in [1.54, 1.807) is 0 Å². The number of aromatic nitrogens is 2. The summed E-state index contributed by atoms with van der Waals surface area (Å²) in [7, 11) is 1.47. The van der Waals surface area contributed by atoms with E-state index < -0.39 is 0 Å². The Bertz CT molecular complexity index is 821. The molecule has 0 saturated carbocycles. The molecule has 0 saturated heterocycles. The molecule has 1 amide bonds. The van der Waals surface area contributed by atoms with Crippen molar-refractivity contribution in [2.75, 3.05) is 7.11 Å². The molecule has 0 aliphatic rings. The van der Waals surface area contributed by atoms with E-state index in [-0.39, 0.29) is 16.0 Å². The molecule has 5 nitrogen and oxygen atoms in total. The Morgan fingerprint density at radius 1 is 1.30 bits per heavy atom. The summed E-state index contributed by atoms with van der Waals surface area (Å²) in [5.41, 5.74) is 1.95. The zero-order valence-electron chi connectivity index (χ0n) is 12.2. The molecule has 1 N–H and O–H groups in total. The fourth-order valence-electron chi connectivity index (χ4n) is 2.23. The number of methoxy groups -OCH3 is 1. The lowest BCUT2D eigenvalue weighted by Crippen LogP contribution is -2.23. The molecule has 3 aromatic rings. The van der Waals surface area contributed by atoms with Crippen LogP contribution in [0.25, 0.3) is 5.65 Å². The zero-order chi connectivity index (χ0) is 16.4. The molecule has 7 heteroatoms. The number of carbonyl (C=O) groups excluding carboxylic acids is 1. The predicted octanol–water partition coefficient (Wildman–Crippen LogP) is 3.58.